The Labute approximate surface area is 137 Å². The van der Waals surface area contributed by atoms with Crippen LogP contribution in [0.25, 0.3) is 0 Å². The molecule has 1 unspecified atom stereocenters. The van der Waals surface area contributed by atoms with Gasteiger partial charge < -0.3 is 10.2 Å². The van der Waals surface area contributed by atoms with E-state index in [1.165, 1.54) is 18.4 Å². The van der Waals surface area contributed by atoms with Crippen LogP contribution in [0.1, 0.15) is 24.1 Å². The van der Waals surface area contributed by atoms with E-state index in [0.29, 0.717) is 6.04 Å². The summed E-state index contributed by atoms with van der Waals surface area (Å²) in [6.07, 6.45) is 5.91. The monoisotopic (exact) mass is 315 g/mol. The molecule has 124 valence electrons. The molecule has 1 fully saturated rings. The SMILES string of the molecule is Cc1[nH]ncc1CN1CCCC(Nc2cc(N(C)C)ncn2)C1. The average Bonchev–Trinajstić information content (AvgIpc) is 2.93. The van der Waals surface area contributed by atoms with Crippen molar-refractivity contribution in [1.29, 1.82) is 0 Å². The zero-order valence-corrected chi connectivity index (χ0v) is 14.1. The Bertz CT molecular complexity index is 637. The van der Waals surface area contributed by atoms with Crippen LogP contribution in [0.4, 0.5) is 11.6 Å². The summed E-state index contributed by atoms with van der Waals surface area (Å²) in [6.45, 7) is 5.18. The van der Waals surface area contributed by atoms with Gasteiger partial charge in [-0.1, -0.05) is 0 Å². The van der Waals surface area contributed by atoms with E-state index in [9.17, 15) is 0 Å². The molecule has 7 heteroatoms. The number of nitrogens with zero attached hydrogens (tertiary/aromatic N) is 5. The predicted octanol–water partition coefficient (Wildman–Crippen LogP) is 1.65. The van der Waals surface area contributed by atoms with Gasteiger partial charge in [-0.25, -0.2) is 9.97 Å². The molecule has 0 aromatic carbocycles. The standard InChI is InChI=1S/C16H25N7/c1-12-13(8-19-21-12)9-23-6-4-5-14(10-23)20-15-7-16(22(2)3)18-11-17-15/h7-8,11,14H,4-6,9-10H2,1-3H3,(H,19,21)(H,17,18,20). The first-order chi connectivity index (χ1) is 11.1. The normalized spacial score (nSPS) is 18.8. The van der Waals surface area contributed by atoms with Gasteiger partial charge in [0.05, 0.1) is 6.20 Å². The number of aromatic nitrogens is 4. The highest BCUT2D eigenvalue weighted by atomic mass is 15.2. The first kappa shape index (κ1) is 15.7. The molecule has 1 saturated heterocycles. The van der Waals surface area contributed by atoms with Gasteiger partial charge in [-0.05, 0) is 26.3 Å². The van der Waals surface area contributed by atoms with Gasteiger partial charge in [0.25, 0.3) is 0 Å². The predicted molar refractivity (Wildman–Crippen MR) is 91.6 cm³/mol. The maximum absolute atomic E-state index is 4.35. The van der Waals surface area contributed by atoms with Crippen LogP contribution in [0.3, 0.4) is 0 Å². The maximum Gasteiger partial charge on any atom is 0.133 e. The van der Waals surface area contributed by atoms with E-state index >= 15 is 0 Å². The molecule has 0 aliphatic carbocycles. The first-order valence-electron chi connectivity index (χ1n) is 8.09. The molecular weight excluding hydrogens is 290 g/mol. The minimum atomic E-state index is 0.417. The van der Waals surface area contributed by atoms with Gasteiger partial charge in [0, 0.05) is 50.6 Å². The molecule has 2 aromatic rings. The highest BCUT2D eigenvalue weighted by molar-refractivity contribution is 5.47. The average molecular weight is 315 g/mol. The van der Waals surface area contributed by atoms with E-state index in [2.05, 4.69) is 37.3 Å². The second-order valence-electron chi connectivity index (χ2n) is 6.39. The Kier molecular flexibility index (Phi) is 4.76. The van der Waals surface area contributed by atoms with Gasteiger partial charge in [0.15, 0.2) is 0 Å². The summed E-state index contributed by atoms with van der Waals surface area (Å²) in [7, 11) is 3.98. The Morgan fingerprint density at radius 1 is 1.39 bits per heavy atom. The van der Waals surface area contributed by atoms with Crippen LogP contribution < -0.4 is 10.2 Å². The summed E-state index contributed by atoms with van der Waals surface area (Å²) in [5.74, 6) is 1.82. The van der Waals surface area contributed by atoms with Crippen LogP contribution in [0, 0.1) is 6.92 Å². The van der Waals surface area contributed by atoms with Crippen molar-refractivity contribution in [1.82, 2.24) is 25.1 Å². The number of anilines is 2. The van der Waals surface area contributed by atoms with Gasteiger partial charge in [0.1, 0.15) is 18.0 Å². The zero-order chi connectivity index (χ0) is 16.2. The lowest BCUT2D eigenvalue weighted by Crippen LogP contribution is -2.41. The molecule has 2 N–H and O–H groups in total. The van der Waals surface area contributed by atoms with Gasteiger partial charge >= 0.3 is 0 Å². The maximum atomic E-state index is 4.35. The lowest BCUT2D eigenvalue weighted by molar-refractivity contribution is 0.208. The van der Waals surface area contributed by atoms with E-state index in [0.717, 1.165) is 37.0 Å². The molecule has 0 spiro atoms. The molecule has 2 aromatic heterocycles. The molecule has 0 radical (unpaired) electrons. The summed E-state index contributed by atoms with van der Waals surface area (Å²) in [6, 6.07) is 2.42. The highest BCUT2D eigenvalue weighted by Gasteiger charge is 2.21. The molecule has 0 amide bonds. The number of hydrogen-bond acceptors (Lipinski definition) is 6. The van der Waals surface area contributed by atoms with Crippen molar-refractivity contribution in [3.05, 3.63) is 29.8 Å². The van der Waals surface area contributed by atoms with Crippen molar-refractivity contribution in [2.75, 3.05) is 37.4 Å². The Morgan fingerprint density at radius 3 is 3.00 bits per heavy atom. The summed E-state index contributed by atoms with van der Waals surface area (Å²) >= 11 is 0. The molecule has 3 rings (SSSR count). The van der Waals surface area contributed by atoms with Gasteiger partial charge in [-0.15, -0.1) is 0 Å². The Balaban J connectivity index is 1.60. The fourth-order valence-electron chi connectivity index (χ4n) is 2.97. The zero-order valence-electron chi connectivity index (χ0n) is 14.1. The van der Waals surface area contributed by atoms with Gasteiger partial charge in [0.2, 0.25) is 0 Å². The molecule has 7 nitrogen and oxygen atoms in total. The van der Waals surface area contributed by atoms with E-state index in [1.807, 2.05) is 31.3 Å². The third-order valence-corrected chi connectivity index (χ3v) is 4.30. The smallest absolute Gasteiger partial charge is 0.133 e. The minimum Gasteiger partial charge on any atom is -0.366 e. The lowest BCUT2D eigenvalue weighted by Gasteiger charge is -2.33. The summed E-state index contributed by atoms with van der Waals surface area (Å²) in [4.78, 5) is 13.1. The van der Waals surface area contributed by atoms with E-state index in [-0.39, 0.29) is 0 Å². The second-order valence-corrected chi connectivity index (χ2v) is 6.39. The first-order valence-corrected chi connectivity index (χ1v) is 8.09. The van der Waals surface area contributed by atoms with Crippen molar-refractivity contribution < 1.29 is 0 Å². The molecule has 1 aliphatic rings. The molecule has 1 aliphatic heterocycles. The molecular formula is C16H25N7. The number of nitrogens with one attached hydrogen (secondary N) is 2. The van der Waals surface area contributed by atoms with Crippen molar-refractivity contribution in [2.24, 2.45) is 0 Å². The molecule has 1 atom stereocenters. The minimum absolute atomic E-state index is 0.417. The Morgan fingerprint density at radius 2 is 2.26 bits per heavy atom. The largest absolute Gasteiger partial charge is 0.366 e. The highest BCUT2D eigenvalue weighted by Crippen LogP contribution is 2.19. The van der Waals surface area contributed by atoms with Crippen LogP contribution in [-0.4, -0.2) is 58.3 Å². The van der Waals surface area contributed by atoms with Crippen LogP contribution >= 0.6 is 0 Å². The molecule has 0 saturated carbocycles. The third-order valence-electron chi connectivity index (χ3n) is 4.30. The molecule has 0 bridgehead atoms. The van der Waals surface area contributed by atoms with Crippen LogP contribution in [0.15, 0.2) is 18.6 Å². The fraction of sp³-hybridized carbons (Fsp3) is 0.562. The van der Waals surface area contributed by atoms with E-state index in [4.69, 9.17) is 0 Å². The lowest BCUT2D eigenvalue weighted by atomic mass is 10.0. The number of aromatic amines is 1. The summed E-state index contributed by atoms with van der Waals surface area (Å²) in [5, 5.41) is 10.7. The van der Waals surface area contributed by atoms with E-state index < -0.39 is 0 Å². The van der Waals surface area contributed by atoms with Gasteiger partial charge in [-0.3, -0.25) is 10.00 Å². The molecule has 3 heterocycles. The van der Waals surface area contributed by atoms with Crippen LogP contribution in [-0.2, 0) is 6.54 Å². The topological polar surface area (TPSA) is 73.0 Å². The molecule has 23 heavy (non-hydrogen) atoms. The fourth-order valence-corrected chi connectivity index (χ4v) is 2.97. The number of rotatable bonds is 5. The van der Waals surface area contributed by atoms with Gasteiger partial charge in [-0.2, -0.15) is 5.10 Å². The van der Waals surface area contributed by atoms with Crippen molar-refractivity contribution in [3.8, 4) is 0 Å². The number of aryl methyl sites for hydroxylation is 1. The third kappa shape index (κ3) is 3.98. The van der Waals surface area contributed by atoms with Crippen LogP contribution in [0.5, 0.6) is 0 Å². The summed E-state index contributed by atoms with van der Waals surface area (Å²) < 4.78 is 0. The number of piperidine rings is 1. The number of H-pyrrole nitrogens is 1. The van der Waals surface area contributed by atoms with Crippen molar-refractivity contribution >= 4 is 11.6 Å². The number of hydrogen-bond donors (Lipinski definition) is 2. The second kappa shape index (κ2) is 6.95. The number of likely N-dealkylation sites (tertiary alicyclic amines) is 1. The Hall–Kier alpha value is -2.15. The van der Waals surface area contributed by atoms with E-state index in [1.54, 1.807) is 6.33 Å². The summed E-state index contributed by atoms with van der Waals surface area (Å²) in [5.41, 5.74) is 2.44. The van der Waals surface area contributed by atoms with Crippen molar-refractivity contribution in [2.45, 2.75) is 32.4 Å². The quantitative estimate of drug-likeness (QED) is 0.874. The van der Waals surface area contributed by atoms with Crippen molar-refractivity contribution in [3.63, 3.8) is 0 Å². The van der Waals surface area contributed by atoms with Crippen LogP contribution in [0.2, 0.25) is 0 Å².